The van der Waals surface area contributed by atoms with Crippen LogP contribution in [-0.4, -0.2) is 47.2 Å². The van der Waals surface area contributed by atoms with Gasteiger partial charge >= 0.3 is 6.03 Å². The highest BCUT2D eigenvalue weighted by molar-refractivity contribution is 7.98. The lowest BCUT2D eigenvalue weighted by molar-refractivity contribution is 0.174. The molecule has 2 N–H and O–H groups in total. The molecule has 1 aromatic heterocycles. The van der Waals surface area contributed by atoms with Crippen molar-refractivity contribution >= 4 is 29.3 Å². The van der Waals surface area contributed by atoms with E-state index in [1.165, 1.54) is 10.5 Å². The van der Waals surface area contributed by atoms with Crippen LogP contribution >= 0.6 is 11.8 Å². The average molecular weight is 452 g/mol. The maximum atomic E-state index is 12.6. The second kappa shape index (κ2) is 10.6. The second-order valence-corrected chi connectivity index (χ2v) is 8.68. The first-order valence-electron chi connectivity index (χ1n) is 10.8. The topological polar surface area (TPSA) is 71.4 Å². The van der Waals surface area contributed by atoms with Gasteiger partial charge in [-0.05, 0) is 48.9 Å². The number of carbonyl (C=O) groups is 1. The van der Waals surface area contributed by atoms with Gasteiger partial charge in [0.2, 0.25) is 0 Å². The lowest BCUT2D eigenvalue weighted by Gasteiger charge is -2.32. The third-order valence-corrected chi connectivity index (χ3v) is 6.44. The maximum Gasteiger partial charge on any atom is 0.324 e. The fraction of sp³-hybridized carbons (Fsp3) is 0.333. The number of rotatable bonds is 7. The largest absolute Gasteiger partial charge is 0.495 e. The number of thioether (sulfide) groups is 1. The van der Waals surface area contributed by atoms with Crippen LogP contribution in [0.5, 0.6) is 5.75 Å². The van der Waals surface area contributed by atoms with Crippen molar-refractivity contribution in [2.45, 2.75) is 30.3 Å². The number of piperidine rings is 1. The minimum absolute atomic E-state index is 0.264. The van der Waals surface area contributed by atoms with Crippen LogP contribution in [0.25, 0.3) is 0 Å². The van der Waals surface area contributed by atoms with Gasteiger partial charge in [-0.25, -0.2) is 9.48 Å². The van der Waals surface area contributed by atoms with Gasteiger partial charge in [0.15, 0.2) is 0 Å². The summed E-state index contributed by atoms with van der Waals surface area (Å²) in [4.78, 5) is 16.4. The lowest BCUT2D eigenvalue weighted by Crippen LogP contribution is -2.35. The Balaban J connectivity index is 1.33. The fourth-order valence-corrected chi connectivity index (χ4v) is 4.56. The number of benzene rings is 2. The first-order valence-corrected chi connectivity index (χ1v) is 12.0. The van der Waals surface area contributed by atoms with E-state index in [2.05, 4.69) is 51.2 Å². The number of amides is 2. The van der Waals surface area contributed by atoms with E-state index >= 15 is 0 Å². The number of methoxy groups -OCH3 is 1. The molecule has 0 atom stereocenters. The van der Waals surface area contributed by atoms with E-state index in [0.29, 0.717) is 17.3 Å². The fourth-order valence-electron chi connectivity index (χ4n) is 4.07. The van der Waals surface area contributed by atoms with E-state index in [4.69, 9.17) is 4.74 Å². The number of carbonyl (C=O) groups excluding carboxylic acids is 1. The molecule has 1 aliphatic heterocycles. The highest BCUT2D eigenvalue weighted by Gasteiger charge is 2.23. The molecule has 4 rings (SSSR count). The van der Waals surface area contributed by atoms with Crippen LogP contribution < -0.4 is 15.4 Å². The van der Waals surface area contributed by atoms with Crippen LogP contribution in [0.15, 0.2) is 65.7 Å². The highest BCUT2D eigenvalue weighted by atomic mass is 32.2. The van der Waals surface area contributed by atoms with Crippen LogP contribution in [0, 0.1) is 0 Å². The molecule has 2 heterocycles. The molecule has 0 spiro atoms. The zero-order chi connectivity index (χ0) is 22.3. The Morgan fingerprint density at radius 1 is 1.12 bits per heavy atom. The Hall–Kier alpha value is -2.97. The van der Waals surface area contributed by atoms with E-state index in [-0.39, 0.29) is 12.1 Å². The van der Waals surface area contributed by atoms with Gasteiger partial charge in [-0.1, -0.05) is 24.3 Å². The van der Waals surface area contributed by atoms with Gasteiger partial charge in [0.05, 0.1) is 25.0 Å². The smallest absolute Gasteiger partial charge is 0.324 e. The third kappa shape index (κ3) is 5.44. The molecule has 3 aromatic rings. The Labute approximate surface area is 193 Å². The third-order valence-electron chi connectivity index (χ3n) is 5.71. The molecule has 1 aliphatic rings. The summed E-state index contributed by atoms with van der Waals surface area (Å²) < 4.78 is 7.24. The van der Waals surface area contributed by atoms with E-state index in [1.54, 1.807) is 31.1 Å². The van der Waals surface area contributed by atoms with Gasteiger partial charge < -0.3 is 10.1 Å². The van der Waals surface area contributed by atoms with Crippen LogP contribution in [-0.2, 0) is 6.54 Å². The van der Waals surface area contributed by atoms with Gasteiger partial charge in [-0.15, -0.1) is 11.8 Å². The normalized spacial score (nSPS) is 14.8. The zero-order valence-corrected chi connectivity index (χ0v) is 19.3. The molecule has 0 unspecified atom stereocenters. The molecule has 7 nitrogen and oxygen atoms in total. The van der Waals surface area contributed by atoms with Crippen molar-refractivity contribution < 1.29 is 9.53 Å². The van der Waals surface area contributed by atoms with Crippen molar-refractivity contribution in [3.8, 4) is 5.75 Å². The molecule has 8 heteroatoms. The number of urea groups is 1. The Morgan fingerprint density at radius 2 is 1.94 bits per heavy atom. The zero-order valence-electron chi connectivity index (χ0n) is 18.5. The van der Waals surface area contributed by atoms with Gasteiger partial charge in [-0.3, -0.25) is 10.2 Å². The van der Waals surface area contributed by atoms with Crippen LogP contribution in [0.3, 0.4) is 0 Å². The van der Waals surface area contributed by atoms with E-state index in [1.807, 2.05) is 28.9 Å². The number of aromatic nitrogens is 2. The van der Waals surface area contributed by atoms with E-state index in [9.17, 15) is 4.79 Å². The molecule has 1 saturated heterocycles. The molecular weight excluding hydrogens is 422 g/mol. The first-order chi connectivity index (χ1) is 15.7. The predicted molar refractivity (Wildman–Crippen MR) is 130 cm³/mol. The summed E-state index contributed by atoms with van der Waals surface area (Å²) in [6.45, 7) is 2.97. The monoisotopic (exact) mass is 451 g/mol. The van der Waals surface area contributed by atoms with Crippen molar-refractivity contribution in [2.24, 2.45) is 0 Å². The second-order valence-electron chi connectivity index (χ2n) is 7.80. The number of likely N-dealkylation sites (tertiary alicyclic amines) is 1. The first kappa shape index (κ1) is 22.2. The summed E-state index contributed by atoms with van der Waals surface area (Å²) in [6.07, 6.45) is 5.83. The standard InChI is InChI=1S/C24H29N5O2S/c1-31-22-9-4-3-8-21(22)26-24(30)27-23-10-13-25-29(23)19-11-14-28(15-12-19)17-18-6-5-7-20(16-18)32-2/h3-10,13,16,19H,11-12,14-15,17H2,1-2H3,(H2,26,27,30). The van der Waals surface area contributed by atoms with Crippen LogP contribution in [0.2, 0.25) is 0 Å². The Bertz CT molecular complexity index is 1050. The maximum absolute atomic E-state index is 12.6. The number of nitrogens with one attached hydrogen (secondary N) is 2. The summed E-state index contributed by atoms with van der Waals surface area (Å²) in [5.41, 5.74) is 1.97. The summed E-state index contributed by atoms with van der Waals surface area (Å²) in [6, 6.07) is 17.9. The van der Waals surface area contributed by atoms with E-state index < -0.39 is 0 Å². The number of anilines is 2. The molecule has 2 aromatic carbocycles. The molecule has 0 radical (unpaired) electrons. The molecular formula is C24H29N5O2S. The quantitative estimate of drug-likeness (QED) is 0.489. The van der Waals surface area contributed by atoms with Gasteiger partial charge in [-0.2, -0.15) is 5.10 Å². The van der Waals surface area contributed by atoms with Crippen molar-refractivity contribution in [1.82, 2.24) is 14.7 Å². The summed E-state index contributed by atoms with van der Waals surface area (Å²) in [5, 5.41) is 10.3. The van der Waals surface area contributed by atoms with Crippen molar-refractivity contribution in [3.63, 3.8) is 0 Å². The number of nitrogens with zero attached hydrogens (tertiary/aromatic N) is 3. The predicted octanol–water partition coefficient (Wildman–Crippen LogP) is 5.09. The summed E-state index contributed by atoms with van der Waals surface area (Å²) >= 11 is 1.78. The molecule has 0 bridgehead atoms. The number of hydrogen-bond donors (Lipinski definition) is 2. The molecule has 0 saturated carbocycles. The Kier molecular flexibility index (Phi) is 7.34. The lowest BCUT2D eigenvalue weighted by atomic mass is 10.0. The van der Waals surface area contributed by atoms with Gasteiger partial charge in [0, 0.05) is 30.6 Å². The minimum Gasteiger partial charge on any atom is -0.495 e. The van der Waals surface area contributed by atoms with Crippen molar-refractivity contribution in [2.75, 3.05) is 37.1 Å². The molecule has 2 amide bonds. The SMILES string of the molecule is COc1ccccc1NC(=O)Nc1ccnn1C1CCN(Cc2cccc(SC)c2)CC1. The molecule has 168 valence electrons. The number of para-hydroxylation sites is 2. The van der Waals surface area contributed by atoms with Crippen molar-refractivity contribution in [3.05, 3.63) is 66.4 Å². The van der Waals surface area contributed by atoms with Crippen LogP contribution in [0.1, 0.15) is 24.4 Å². The Morgan fingerprint density at radius 3 is 2.72 bits per heavy atom. The minimum atomic E-state index is -0.317. The molecule has 1 fully saturated rings. The molecule has 32 heavy (non-hydrogen) atoms. The van der Waals surface area contributed by atoms with Crippen LogP contribution in [0.4, 0.5) is 16.3 Å². The van der Waals surface area contributed by atoms with Gasteiger partial charge in [0.25, 0.3) is 0 Å². The number of ether oxygens (including phenoxy) is 1. The van der Waals surface area contributed by atoms with Crippen molar-refractivity contribution in [1.29, 1.82) is 0 Å². The summed E-state index contributed by atoms with van der Waals surface area (Å²) in [5.74, 6) is 1.31. The molecule has 0 aliphatic carbocycles. The van der Waals surface area contributed by atoms with E-state index in [0.717, 1.165) is 32.5 Å². The summed E-state index contributed by atoms with van der Waals surface area (Å²) in [7, 11) is 1.58. The highest BCUT2D eigenvalue weighted by Crippen LogP contribution is 2.27. The van der Waals surface area contributed by atoms with Gasteiger partial charge in [0.1, 0.15) is 11.6 Å². The average Bonchev–Trinajstić information content (AvgIpc) is 3.28. The number of hydrogen-bond acceptors (Lipinski definition) is 5.